The zero-order valence-corrected chi connectivity index (χ0v) is 18.7. The molecule has 2 aromatic carbocycles. The van der Waals surface area contributed by atoms with Crippen molar-refractivity contribution in [3.05, 3.63) is 77.0 Å². The number of aromatic nitrogens is 4. The molecule has 1 aliphatic carbocycles. The Balaban J connectivity index is 1.34. The van der Waals surface area contributed by atoms with E-state index in [1.54, 1.807) is 0 Å². The van der Waals surface area contributed by atoms with Crippen LogP contribution in [-0.4, -0.2) is 25.0 Å². The molecule has 32 heavy (non-hydrogen) atoms. The molecule has 1 saturated carbocycles. The molecule has 6 heteroatoms. The van der Waals surface area contributed by atoms with Crippen molar-refractivity contribution in [3.8, 4) is 23.0 Å². The van der Waals surface area contributed by atoms with Crippen molar-refractivity contribution in [2.24, 2.45) is 5.92 Å². The molecule has 0 bridgehead atoms. The number of benzene rings is 2. The predicted molar refractivity (Wildman–Crippen MR) is 123 cm³/mol. The second kappa shape index (κ2) is 8.02. The molecule has 0 unspecified atom stereocenters. The standard InChI is InChI=1S/C26H28N4O2/c1-17(2)13-19-7-9-21(10-8-19)24-27-25(32-29-24)23-14-18(3)30(28-23)16-20-5-4-6-22(15-20)26(31)11-12-26/h4-10,14-15,17,31H,11-13,16H2,1-3H3. The Labute approximate surface area is 187 Å². The van der Waals surface area contributed by atoms with E-state index < -0.39 is 5.60 Å². The molecule has 5 rings (SSSR count). The van der Waals surface area contributed by atoms with Crippen LogP contribution in [-0.2, 0) is 18.6 Å². The average Bonchev–Trinajstić information content (AvgIpc) is 3.18. The summed E-state index contributed by atoms with van der Waals surface area (Å²) in [5.74, 6) is 1.60. The van der Waals surface area contributed by atoms with Gasteiger partial charge in [-0.05, 0) is 54.9 Å². The Hall–Kier alpha value is -3.25. The summed E-state index contributed by atoms with van der Waals surface area (Å²) in [4.78, 5) is 4.57. The van der Waals surface area contributed by atoms with Gasteiger partial charge in [0.25, 0.3) is 5.89 Å². The van der Waals surface area contributed by atoms with Gasteiger partial charge < -0.3 is 9.63 Å². The first-order valence-corrected chi connectivity index (χ1v) is 11.2. The molecule has 0 atom stereocenters. The first-order chi connectivity index (χ1) is 15.4. The van der Waals surface area contributed by atoms with E-state index in [9.17, 15) is 5.11 Å². The molecule has 2 heterocycles. The topological polar surface area (TPSA) is 77.0 Å². The molecular formula is C26H28N4O2. The lowest BCUT2D eigenvalue weighted by molar-refractivity contribution is 0.151. The third kappa shape index (κ3) is 4.23. The van der Waals surface area contributed by atoms with Gasteiger partial charge in [-0.3, -0.25) is 4.68 Å². The Morgan fingerprint density at radius 3 is 2.56 bits per heavy atom. The summed E-state index contributed by atoms with van der Waals surface area (Å²) in [6, 6.07) is 18.4. The molecule has 1 fully saturated rings. The lowest BCUT2D eigenvalue weighted by Crippen LogP contribution is -2.07. The molecule has 1 N–H and O–H groups in total. The summed E-state index contributed by atoms with van der Waals surface area (Å²) >= 11 is 0. The zero-order chi connectivity index (χ0) is 22.3. The number of aliphatic hydroxyl groups is 1. The molecule has 4 aromatic rings. The van der Waals surface area contributed by atoms with Gasteiger partial charge in [0.1, 0.15) is 0 Å². The third-order valence-corrected chi connectivity index (χ3v) is 6.00. The van der Waals surface area contributed by atoms with Crippen LogP contribution in [0.4, 0.5) is 0 Å². The van der Waals surface area contributed by atoms with Crippen molar-refractivity contribution in [2.75, 3.05) is 0 Å². The Kier molecular flexibility index (Phi) is 5.18. The van der Waals surface area contributed by atoms with Crippen LogP contribution >= 0.6 is 0 Å². The minimum absolute atomic E-state index is 0.411. The molecule has 0 saturated heterocycles. The highest BCUT2D eigenvalue weighted by Crippen LogP contribution is 2.45. The molecule has 164 valence electrons. The second-order valence-corrected chi connectivity index (χ2v) is 9.28. The van der Waals surface area contributed by atoms with E-state index in [1.165, 1.54) is 5.56 Å². The van der Waals surface area contributed by atoms with Crippen LogP contribution in [0.2, 0.25) is 0 Å². The van der Waals surface area contributed by atoms with Gasteiger partial charge in [-0.25, -0.2) is 0 Å². The van der Waals surface area contributed by atoms with Gasteiger partial charge in [0.2, 0.25) is 5.82 Å². The minimum Gasteiger partial charge on any atom is -0.385 e. The lowest BCUT2D eigenvalue weighted by atomic mass is 10.0. The van der Waals surface area contributed by atoms with Gasteiger partial charge in [-0.2, -0.15) is 10.1 Å². The number of hydrogen-bond donors (Lipinski definition) is 1. The van der Waals surface area contributed by atoms with Gasteiger partial charge >= 0.3 is 0 Å². The SMILES string of the molecule is Cc1cc(-c2nc(-c3ccc(CC(C)C)cc3)no2)nn1Cc1cccc(C2(O)CC2)c1. The number of aryl methyl sites for hydroxylation is 1. The van der Waals surface area contributed by atoms with E-state index in [0.29, 0.717) is 29.9 Å². The zero-order valence-electron chi connectivity index (χ0n) is 18.7. The molecule has 6 nitrogen and oxygen atoms in total. The number of rotatable bonds is 7. The van der Waals surface area contributed by atoms with Crippen LogP contribution in [0, 0.1) is 12.8 Å². The van der Waals surface area contributed by atoms with E-state index in [1.807, 2.05) is 41.9 Å². The van der Waals surface area contributed by atoms with Gasteiger partial charge in [-0.15, -0.1) is 0 Å². The summed E-state index contributed by atoms with van der Waals surface area (Å²) < 4.78 is 7.45. The molecule has 0 radical (unpaired) electrons. The predicted octanol–water partition coefficient (Wildman–Crippen LogP) is 5.14. The van der Waals surface area contributed by atoms with Gasteiger partial charge in [0.15, 0.2) is 5.69 Å². The monoisotopic (exact) mass is 428 g/mol. The van der Waals surface area contributed by atoms with Crippen molar-refractivity contribution in [2.45, 2.75) is 52.2 Å². The fourth-order valence-corrected chi connectivity index (χ4v) is 4.02. The van der Waals surface area contributed by atoms with Crippen molar-refractivity contribution < 1.29 is 9.63 Å². The van der Waals surface area contributed by atoms with Gasteiger partial charge in [-0.1, -0.05) is 67.5 Å². The Morgan fingerprint density at radius 1 is 1.06 bits per heavy atom. The van der Waals surface area contributed by atoms with Gasteiger partial charge in [0.05, 0.1) is 12.1 Å². The summed E-state index contributed by atoms with van der Waals surface area (Å²) in [6.07, 6.45) is 2.72. The summed E-state index contributed by atoms with van der Waals surface area (Å²) in [5.41, 5.74) is 5.36. The van der Waals surface area contributed by atoms with Crippen LogP contribution in [0.25, 0.3) is 23.0 Å². The molecule has 2 aromatic heterocycles. The summed E-state index contributed by atoms with van der Waals surface area (Å²) in [5, 5.41) is 19.3. The second-order valence-electron chi connectivity index (χ2n) is 9.28. The maximum absolute atomic E-state index is 10.4. The minimum atomic E-state index is -0.631. The van der Waals surface area contributed by atoms with Crippen LogP contribution in [0.3, 0.4) is 0 Å². The van der Waals surface area contributed by atoms with E-state index in [-0.39, 0.29) is 0 Å². The van der Waals surface area contributed by atoms with Crippen LogP contribution < -0.4 is 0 Å². The quantitative estimate of drug-likeness (QED) is 0.441. The van der Waals surface area contributed by atoms with E-state index in [0.717, 1.165) is 41.6 Å². The van der Waals surface area contributed by atoms with Crippen LogP contribution in [0.5, 0.6) is 0 Å². The normalized spacial score (nSPS) is 14.8. The fourth-order valence-electron chi connectivity index (χ4n) is 4.02. The summed E-state index contributed by atoms with van der Waals surface area (Å²) in [7, 11) is 0. The van der Waals surface area contributed by atoms with E-state index in [4.69, 9.17) is 9.62 Å². The molecule has 0 spiro atoms. The maximum atomic E-state index is 10.4. The molecule has 1 aliphatic rings. The Bertz CT molecular complexity index is 1230. The van der Waals surface area contributed by atoms with E-state index in [2.05, 4.69) is 48.3 Å². The van der Waals surface area contributed by atoms with Crippen molar-refractivity contribution in [1.29, 1.82) is 0 Å². The van der Waals surface area contributed by atoms with Crippen molar-refractivity contribution in [3.63, 3.8) is 0 Å². The van der Waals surface area contributed by atoms with Crippen molar-refractivity contribution >= 4 is 0 Å². The smallest absolute Gasteiger partial charge is 0.278 e. The van der Waals surface area contributed by atoms with E-state index >= 15 is 0 Å². The molecular weight excluding hydrogens is 400 g/mol. The number of hydrogen-bond acceptors (Lipinski definition) is 5. The average molecular weight is 429 g/mol. The fraction of sp³-hybridized carbons (Fsp3) is 0.346. The maximum Gasteiger partial charge on any atom is 0.278 e. The highest BCUT2D eigenvalue weighted by Gasteiger charge is 2.42. The van der Waals surface area contributed by atoms with Crippen LogP contribution in [0.1, 0.15) is 49.1 Å². The lowest BCUT2D eigenvalue weighted by Gasteiger charge is -2.10. The highest BCUT2D eigenvalue weighted by molar-refractivity contribution is 5.58. The van der Waals surface area contributed by atoms with Crippen molar-refractivity contribution in [1.82, 2.24) is 19.9 Å². The van der Waals surface area contributed by atoms with Crippen LogP contribution in [0.15, 0.2) is 59.1 Å². The molecule has 0 aliphatic heterocycles. The number of nitrogens with zero attached hydrogens (tertiary/aromatic N) is 4. The largest absolute Gasteiger partial charge is 0.385 e. The summed E-state index contributed by atoms with van der Waals surface area (Å²) in [6.45, 7) is 7.06. The van der Waals surface area contributed by atoms with Gasteiger partial charge in [0, 0.05) is 11.3 Å². The Morgan fingerprint density at radius 2 is 1.84 bits per heavy atom. The first-order valence-electron chi connectivity index (χ1n) is 11.2. The third-order valence-electron chi connectivity index (χ3n) is 6.00. The first kappa shape index (κ1) is 20.6. The molecule has 0 amide bonds. The highest BCUT2D eigenvalue weighted by atomic mass is 16.5.